The average molecular weight is 1090 g/mol. The van der Waals surface area contributed by atoms with Crippen molar-refractivity contribution in [3.05, 3.63) is 11.6 Å². The molecule has 4 aliphatic heterocycles. The van der Waals surface area contributed by atoms with Crippen molar-refractivity contribution in [2.45, 2.75) is 235 Å². The summed E-state index contributed by atoms with van der Waals surface area (Å²) in [6, 6.07) is 0. The smallest absolute Gasteiger partial charge is 0.335 e. The molecule has 0 aromatic heterocycles. The first-order valence-electron chi connectivity index (χ1n) is 27.2. The number of aliphatic carboxylic acids is 1. The summed E-state index contributed by atoms with van der Waals surface area (Å²) in [5.41, 5.74) is -1.35. The van der Waals surface area contributed by atoms with E-state index in [1.54, 1.807) is 0 Å². The van der Waals surface area contributed by atoms with E-state index in [1.165, 1.54) is 5.57 Å². The van der Waals surface area contributed by atoms with E-state index in [9.17, 15) is 71.2 Å². The van der Waals surface area contributed by atoms with Gasteiger partial charge in [-0.15, -0.1) is 0 Å². The van der Waals surface area contributed by atoms with Gasteiger partial charge < -0.3 is 104 Å². The van der Waals surface area contributed by atoms with E-state index in [1.807, 2.05) is 0 Å². The van der Waals surface area contributed by atoms with Gasteiger partial charge in [-0.1, -0.05) is 60.1 Å². The molecule has 8 fully saturated rings. The number of ether oxygens (including phenoxy) is 8. The SMILES string of the molecule is CC1(C)CC[C@]2(C(=O)O[C@@H]3O[C@H](CO[C@@H]4O[C@H](CO)[C@@H](O)[C@H](O)[C@H]4O)[C@@H](O)[C@H](O)[C@H]3O)CC[C@]3(C)C(=CCC4[C@@]5(C)CC[C@H](O[C@@H]6O[C@H](C(=O)O)[C@@H](O)[C@H](O[C@@H]7OC[C@H](O)[C@H](O)[C@H]7O)[C@H]6O)C(C)(C)C5CC[C@]43C)[C@@H]2C1. The van der Waals surface area contributed by atoms with Crippen LogP contribution in [-0.2, 0) is 47.5 Å². The van der Waals surface area contributed by atoms with Crippen molar-refractivity contribution in [3.63, 3.8) is 0 Å². The minimum atomic E-state index is -1.92. The van der Waals surface area contributed by atoms with Crippen LogP contribution < -0.4 is 0 Å². The fourth-order valence-corrected chi connectivity index (χ4v) is 16.1. The molecular formula is C53H84O23. The highest BCUT2D eigenvalue weighted by Gasteiger charge is 2.70. The molecule has 0 radical (unpaired) electrons. The van der Waals surface area contributed by atoms with Crippen LogP contribution in [0.25, 0.3) is 0 Å². The predicted octanol–water partition coefficient (Wildman–Crippen LogP) is -1.30. The first-order valence-corrected chi connectivity index (χ1v) is 27.2. The lowest BCUT2D eigenvalue weighted by atomic mass is 9.33. The Labute approximate surface area is 442 Å². The number of carbonyl (C=O) groups is 2. The van der Waals surface area contributed by atoms with Gasteiger partial charge in [0.25, 0.3) is 0 Å². The highest BCUT2D eigenvalue weighted by molar-refractivity contribution is 5.79. The molecule has 0 aromatic carbocycles. The van der Waals surface area contributed by atoms with Gasteiger partial charge in [0.1, 0.15) is 85.5 Å². The van der Waals surface area contributed by atoms with Gasteiger partial charge in [-0.05, 0) is 109 Å². The molecule has 0 spiro atoms. The van der Waals surface area contributed by atoms with E-state index < -0.39 is 165 Å². The Morgan fingerprint density at radius 2 is 1.26 bits per heavy atom. The van der Waals surface area contributed by atoms with Gasteiger partial charge >= 0.3 is 11.9 Å². The molecule has 4 saturated heterocycles. The van der Waals surface area contributed by atoms with E-state index in [2.05, 4.69) is 54.5 Å². The lowest BCUT2D eigenvalue weighted by molar-refractivity contribution is -0.357. The number of esters is 1. The molecule has 434 valence electrons. The molecule has 13 N–H and O–H groups in total. The number of hydrogen-bond acceptors (Lipinski definition) is 22. The second-order valence-corrected chi connectivity index (χ2v) is 25.9. The molecule has 2 unspecified atom stereocenters. The monoisotopic (exact) mass is 1090 g/mol. The van der Waals surface area contributed by atoms with Crippen molar-refractivity contribution in [2.75, 3.05) is 19.8 Å². The first-order chi connectivity index (χ1) is 35.5. The highest BCUT2D eigenvalue weighted by atomic mass is 16.8. The fourth-order valence-electron chi connectivity index (χ4n) is 16.1. The molecule has 76 heavy (non-hydrogen) atoms. The van der Waals surface area contributed by atoms with Crippen LogP contribution in [0.15, 0.2) is 11.6 Å². The van der Waals surface area contributed by atoms with Crippen molar-refractivity contribution in [3.8, 4) is 0 Å². The van der Waals surface area contributed by atoms with Gasteiger partial charge in [0.05, 0.1) is 31.3 Å². The van der Waals surface area contributed by atoms with Gasteiger partial charge in [-0.2, -0.15) is 0 Å². The zero-order valence-corrected chi connectivity index (χ0v) is 44.4. The lowest BCUT2D eigenvalue weighted by Crippen LogP contribution is -2.67. The third-order valence-corrected chi connectivity index (χ3v) is 21.0. The standard InChI is InChI=1S/C53H84O23/c1-48(2)14-16-53(47(68)76-45-37(63)34(60)32(58)26(72-45)21-70-43-36(62)33(59)31(57)25(19-54)71-43)17-15-51(6)22(23(53)18-48)8-9-28-50(5)12-11-29(49(3,4)27(50)10-13-52(28,51)7)73-46-39(65)40(38(64)41(75-46)42(66)67)74-44-35(61)30(56)24(55)20-69-44/h8,23-41,43-46,54-65H,9-21H2,1-7H3,(H,66,67)/t23-,24-,25+,26+,27?,28?,29-,30-,31+,32+,33-,34-,35+,36+,37+,38-,39+,40-,41-,43+,44-,45-,46+,50-,51+,52+,53-/m0/s1. The van der Waals surface area contributed by atoms with E-state index >= 15 is 4.79 Å². The van der Waals surface area contributed by atoms with Gasteiger partial charge in [-0.3, -0.25) is 4.79 Å². The van der Waals surface area contributed by atoms with Gasteiger partial charge in [0.15, 0.2) is 25.0 Å². The Hall–Kier alpha value is -2.08. The maximum Gasteiger partial charge on any atom is 0.335 e. The van der Waals surface area contributed by atoms with Crippen molar-refractivity contribution >= 4 is 11.9 Å². The molecule has 9 rings (SSSR count). The van der Waals surface area contributed by atoms with E-state index in [0.717, 1.165) is 19.3 Å². The van der Waals surface area contributed by atoms with Crippen LogP contribution in [0.5, 0.6) is 0 Å². The third kappa shape index (κ3) is 9.52. The van der Waals surface area contributed by atoms with Crippen LogP contribution in [0.2, 0.25) is 0 Å². The van der Waals surface area contributed by atoms with Gasteiger partial charge in [0.2, 0.25) is 6.29 Å². The summed E-state index contributed by atoms with van der Waals surface area (Å²) >= 11 is 0. The molecule has 5 aliphatic carbocycles. The second-order valence-electron chi connectivity index (χ2n) is 25.9. The number of aliphatic hydroxyl groups excluding tert-OH is 12. The Morgan fingerprint density at radius 3 is 1.93 bits per heavy atom. The zero-order valence-electron chi connectivity index (χ0n) is 44.4. The molecule has 23 nitrogen and oxygen atoms in total. The summed E-state index contributed by atoms with van der Waals surface area (Å²) in [6.07, 6.45) is -23.4. The molecule has 4 saturated carbocycles. The maximum atomic E-state index is 15.1. The molecule has 0 aromatic rings. The van der Waals surface area contributed by atoms with Crippen LogP contribution >= 0.6 is 0 Å². The van der Waals surface area contributed by atoms with Crippen LogP contribution in [0.1, 0.15) is 113 Å². The summed E-state index contributed by atoms with van der Waals surface area (Å²) in [5.74, 6) is -2.12. The minimum absolute atomic E-state index is 0.0798. The summed E-state index contributed by atoms with van der Waals surface area (Å²) < 4.78 is 46.6. The Bertz CT molecular complexity index is 2140. The average Bonchev–Trinajstić information content (AvgIpc) is 3.54. The largest absolute Gasteiger partial charge is 0.479 e. The number of rotatable bonds is 11. The fraction of sp³-hybridized carbons (Fsp3) is 0.925. The van der Waals surface area contributed by atoms with Gasteiger partial charge in [0, 0.05) is 0 Å². The molecule has 9 aliphatic rings. The maximum absolute atomic E-state index is 15.1. The number of allylic oxidation sites excluding steroid dienone is 2. The van der Waals surface area contributed by atoms with Crippen molar-refractivity contribution in [2.24, 2.45) is 50.2 Å². The molecule has 23 heteroatoms. The normalized spacial score (nSPS) is 52.9. The Kier molecular flexibility index (Phi) is 16.2. The first kappa shape index (κ1) is 58.6. The predicted molar refractivity (Wildman–Crippen MR) is 257 cm³/mol. The van der Waals surface area contributed by atoms with E-state index in [-0.39, 0.29) is 39.4 Å². The lowest BCUT2D eigenvalue weighted by Gasteiger charge is -2.71. The minimum Gasteiger partial charge on any atom is -0.479 e. The number of carboxylic acid groups (broad SMARTS) is 1. The topological polar surface area (TPSA) is 371 Å². The van der Waals surface area contributed by atoms with E-state index in [4.69, 9.17) is 37.9 Å². The quantitative estimate of drug-likeness (QED) is 0.0649. The van der Waals surface area contributed by atoms with Crippen LogP contribution in [0, 0.1) is 50.2 Å². The van der Waals surface area contributed by atoms with Crippen LogP contribution in [0.4, 0.5) is 0 Å². The van der Waals surface area contributed by atoms with Crippen molar-refractivity contribution in [1.29, 1.82) is 0 Å². The number of fused-ring (bicyclic) bond motifs is 7. The van der Waals surface area contributed by atoms with Crippen LogP contribution in [0.3, 0.4) is 0 Å². The molecule has 27 atom stereocenters. The summed E-state index contributed by atoms with van der Waals surface area (Å²) in [5, 5.41) is 137. The van der Waals surface area contributed by atoms with Crippen molar-refractivity contribution in [1.82, 2.24) is 0 Å². The molecule has 0 amide bonds. The Balaban J connectivity index is 0.920. The van der Waals surface area contributed by atoms with Crippen molar-refractivity contribution < 1.29 is 114 Å². The molecular weight excluding hydrogens is 1000 g/mol. The molecule has 0 bridgehead atoms. The number of carbonyl (C=O) groups excluding carboxylic acids is 1. The summed E-state index contributed by atoms with van der Waals surface area (Å²) in [4.78, 5) is 27.5. The Morgan fingerprint density at radius 1 is 0.632 bits per heavy atom. The molecule has 4 heterocycles. The highest BCUT2D eigenvalue weighted by Crippen LogP contribution is 2.76. The number of carboxylic acids is 1. The third-order valence-electron chi connectivity index (χ3n) is 21.0. The number of aliphatic hydroxyl groups is 12. The van der Waals surface area contributed by atoms with Gasteiger partial charge in [-0.25, -0.2) is 4.79 Å². The van der Waals surface area contributed by atoms with E-state index in [0.29, 0.717) is 44.9 Å². The summed E-state index contributed by atoms with van der Waals surface area (Å²) in [7, 11) is 0. The second kappa shape index (κ2) is 21.0. The zero-order chi connectivity index (χ0) is 55.6. The summed E-state index contributed by atoms with van der Waals surface area (Å²) in [6.45, 7) is 14.0. The number of hydrogen-bond donors (Lipinski definition) is 13. The van der Waals surface area contributed by atoms with Crippen LogP contribution in [-0.4, -0.2) is 221 Å².